The number of rotatable bonds is 2. The van der Waals surface area contributed by atoms with Gasteiger partial charge in [0.05, 0.1) is 0 Å². The second-order valence-corrected chi connectivity index (χ2v) is 6.28. The molecule has 0 radical (unpaired) electrons. The van der Waals surface area contributed by atoms with Crippen molar-refractivity contribution in [3.8, 4) is 0 Å². The molecular weight excluding hydrogens is 270 g/mol. The van der Waals surface area contributed by atoms with E-state index in [1.54, 1.807) is 11.0 Å². The number of aryl methyl sites for hydroxylation is 1. The van der Waals surface area contributed by atoms with Crippen molar-refractivity contribution in [2.75, 3.05) is 11.4 Å². The highest BCUT2D eigenvalue weighted by atomic mass is 35.5. The van der Waals surface area contributed by atoms with Crippen molar-refractivity contribution in [2.24, 2.45) is 0 Å². The first kappa shape index (κ1) is 13.4. The largest absolute Gasteiger partial charge is 0.311 e. The van der Waals surface area contributed by atoms with E-state index < -0.39 is 0 Å². The Kier molecular flexibility index (Phi) is 3.97. The highest BCUT2D eigenvalue weighted by Crippen LogP contribution is 2.31. The van der Waals surface area contributed by atoms with Gasteiger partial charge in [0.1, 0.15) is 0 Å². The minimum absolute atomic E-state index is 0.0579. The van der Waals surface area contributed by atoms with E-state index in [4.69, 9.17) is 11.6 Å². The van der Waals surface area contributed by atoms with E-state index in [0.29, 0.717) is 18.0 Å². The van der Waals surface area contributed by atoms with Gasteiger partial charge in [-0.05, 0) is 30.7 Å². The molecule has 5 heteroatoms. The lowest BCUT2D eigenvalue weighted by molar-refractivity contribution is -0.117. The molecule has 1 unspecified atom stereocenters. The maximum absolute atomic E-state index is 12.0. The molecule has 0 aromatic heterocycles. The summed E-state index contributed by atoms with van der Waals surface area (Å²) in [7, 11) is 0. The van der Waals surface area contributed by atoms with E-state index in [1.165, 1.54) is 18.7 Å². The Hall–Kier alpha value is -1.00. The molecule has 18 heavy (non-hydrogen) atoms. The standard InChI is InChI=1S/C13H14ClNO2S/c1-8-5-10(14)3-4-12(8)15-7-11(6-13(15)17)18-9(2)16/h3-5,11H,6-7H2,1-2H3. The second kappa shape index (κ2) is 5.33. The van der Waals surface area contributed by atoms with Crippen LogP contribution in [0.25, 0.3) is 0 Å². The molecule has 2 rings (SSSR count). The van der Waals surface area contributed by atoms with Crippen molar-refractivity contribution in [3.05, 3.63) is 28.8 Å². The Labute approximate surface area is 115 Å². The lowest BCUT2D eigenvalue weighted by atomic mass is 10.2. The van der Waals surface area contributed by atoms with E-state index in [2.05, 4.69) is 0 Å². The van der Waals surface area contributed by atoms with Gasteiger partial charge in [0.2, 0.25) is 5.91 Å². The summed E-state index contributed by atoms with van der Waals surface area (Å²) in [5.41, 5.74) is 1.86. The normalized spacial score (nSPS) is 19.4. The SMILES string of the molecule is CC(=O)SC1CC(=O)N(c2ccc(Cl)cc2C)C1. The number of thioether (sulfide) groups is 1. The number of carbonyl (C=O) groups is 2. The molecule has 1 aromatic carbocycles. The van der Waals surface area contributed by atoms with Crippen LogP contribution in [-0.4, -0.2) is 22.8 Å². The number of carbonyl (C=O) groups excluding carboxylic acids is 2. The van der Waals surface area contributed by atoms with E-state index in [1.807, 2.05) is 19.1 Å². The number of halogens is 1. The fraction of sp³-hybridized carbons (Fsp3) is 0.385. The van der Waals surface area contributed by atoms with Crippen LogP contribution in [0, 0.1) is 6.92 Å². The van der Waals surface area contributed by atoms with Crippen LogP contribution in [0.15, 0.2) is 18.2 Å². The van der Waals surface area contributed by atoms with Crippen LogP contribution in [-0.2, 0) is 9.59 Å². The molecule has 3 nitrogen and oxygen atoms in total. The van der Waals surface area contributed by atoms with E-state index >= 15 is 0 Å². The summed E-state index contributed by atoms with van der Waals surface area (Å²) in [4.78, 5) is 24.8. The molecule has 1 aliphatic rings. The number of amides is 1. The van der Waals surface area contributed by atoms with Crippen molar-refractivity contribution < 1.29 is 9.59 Å². The van der Waals surface area contributed by atoms with Gasteiger partial charge in [-0.2, -0.15) is 0 Å². The third kappa shape index (κ3) is 2.87. The van der Waals surface area contributed by atoms with Gasteiger partial charge >= 0.3 is 0 Å². The highest BCUT2D eigenvalue weighted by Gasteiger charge is 2.32. The Bertz CT molecular complexity index is 504. The van der Waals surface area contributed by atoms with Crippen LogP contribution >= 0.6 is 23.4 Å². The van der Waals surface area contributed by atoms with Crippen LogP contribution in [0.5, 0.6) is 0 Å². The van der Waals surface area contributed by atoms with E-state index in [9.17, 15) is 9.59 Å². The van der Waals surface area contributed by atoms with Crippen molar-refractivity contribution in [1.82, 2.24) is 0 Å². The van der Waals surface area contributed by atoms with Crippen LogP contribution in [0.3, 0.4) is 0 Å². The molecule has 0 bridgehead atoms. The number of hydrogen-bond acceptors (Lipinski definition) is 3. The summed E-state index contributed by atoms with van der Waals surface area (Å²) in [6.45, 7) is 4.05. The van der Waals surface area contributed by atoms with Gasteiger partial charge in [0.15, 0.2) is 5.12 Å². The topological polar surface area (TPSA) is 37.4 Å². The zero-order valence-corrected chi connectivity index (χ0v) is 11.8. The fourth-order valence-electron chi connectivity index (χ4n) is 2.14. The Morgan fingerprint density at radius 1 is 1.50 bits per heavy atom. The molecule has 0 saturated carbocycles. The molecule has 1 aromatic rings. The van der Waals surface area contributed by atoms with Gasteiger partial charge in [0, 0.05) is 35.8 Å². The third-order valence-corrected chi connectivity index (χ3v) is 4.09. The molecule has 1 heterocycles. The Morgan fingerprint density at radius 3 is 2.83 bits per heavy atom. The average Bonchev–Trinajstić information content (AvgIpc) is 2.58. The first-order chi connectivity index (χ1) is 8.47. The van der Waals surface area contributed by atoms with Crippen molar-refractivity contribution in [1.29, 1.82) is 0 Å². The van der Waals surface area contributed by atoms with Gasteiger partial charge in [-0.1, -0.05) is 23.4 Å². The lowest BCUT2D eigenvalue weighted by Gasteiger charge is -2.19. The zero-order chi connectivity index (χ0) is 13.3. The molecule has 0 spiro atoms. The second-order valence-electron chi connectivity index (χ2n) is 4.37. The van der Waals surface area contributed by atoms with Crippen LogP contribution < -0.4 is 4.90 Å². The molecule has 1 amide bonds. The van der Waals surface area contributed by atoms with Crippen molar-refractivity contribution >= 4 is 40.1 Å². The minimum Gasteiger partial charge on any atom is -0.311 e. The molecule has 1 atom stereocenters. The molecule has 96 valence electrons. The number of hydrogen-bond donors (Lipinski definition) is 0. The maximum atomic E-state index is 12.0. The first-order valence-corrected chi connectivity index (χ1v) is 6.97. The van der Waals surface area contributed by atoms with Gasteiger partial charge < -0.3 is 4.90 Å². The molecule has 1 aliphatic heterocycles. The Balaban J connectivity index is 2.19. The predicted octanol–water partition coefficient (Wildman–Crippen LogP) is 3.03. The minimum atomic E-state index is 0.0579. The first-order valence-electron chi connectivity index (χ1n) is 5.71. The smallest absolute Gasteiger partial charge is 0.228 e. The summed E-state index contributed by atoms with van der Waals surface area (Å²) < 4.78 is 0. The number of anilines is 1. The molecule has 1 saturated heterocycles. The third-order valence-electron chi connectivity index (χ3n) is 2.87. The quantitative estimate of drug-likeness (QED) is 0.837. The van der Waals surface area contributed by atoms with Crippen molar-refractivity contribution in [2.45, 2.75) is 25.5 Å². The monoisotopic (exact) mass is 283 g/mol. The van der Waals surface area contributed by atoms with Crippen LogP contribution in [0.2, 0.25) is 5.02 Å². The zero-order valence-electron chi connectivity index (χ0n) is 10.3. The summed E-state index contributed by atoms with van der Waals surface area (Å²) >= 11 is 7.15. The van der Waals surface area contributed by atoms with Gasteiger partial charge in [-0.3, -0.25) is 9.59 Å². The summed E-state index contributed by atoms with van der Waals surface area (Å²) in [5, 5.41) is 0.783. The van der Waals surface area contributed by atoms with Crippen LogP contribution in [0.4, 0.5) is 5.69 Å². The lowest BCUT2D eigenvalue weighted by Crippen LogP contribution is -2.25. The molecule has 0 N–H and O–H groups in total. The summed E-state index contributed by atoms with van der Waals surface area (Å²) in [6, 6.07) is 5.48. The molecule has 0 aliphatic carbocycles. The maximum Gasteiger partial charge on any atom is 0.228 e. The number of benzene rings is 1. The van der Waals surface area contributed by atoms with E-state index in [0.717, 1.165) is 11.3 Å². The van der Waals surface area contributed by atoms with Gasteiger partial charge in [-0.15, -0.1) is 0 Å². The summed E-state index contributed by atoms with van der Waals surface area (Å²) in [5.74, 6) is 0.0687. The Morgan fingerprint density at radius 2 is 2.22 bits per heavy atom. The van der Waals surface area contributed by atoms with E-state index in [-0.39, 0.29) is 16.3 Å². The van der Waals surface area contributed by atoms with Gasteiger partial charge in [0.25, 0.3) is 0 Å². The van der Waals surface area contributed by atoms with Gasteiger partial charge in [-0.25, -0.2) is 0 Å². The predicted molar refractivity (Wildman–Crippen MR) is 75.2 cm³/mol. The number of nitrogens with zero attached hydrogens (tertiary/aromatic N) is 1. The highest BCUT2D eigenvalue weighted by molar-refractivity contribution is 8.14. The summed E-state index contributed by atoms with van der Waals surface area (Å²) in [6.07, 6.45) is 0.423. The van der Waals surface area contributed by atoms with Crippen LogP contribution in [0.1, 0.15) is 18.9 Å². The molecule has 1 fully saturated rings. The fourth-order valence-corrected chi connectivity index (χ4v) is 3.29. The van der Waals surface area contributed by atoms with Crippen molar-refractivity contribution in [3.63, 3.8) is 0 Å². The molecular formula is C13H14ClNO2S. The average molecular weight is 284 g/mol.